The van der Waals surface area contributed by atoms with E-state index < -0.39 is 22.2 Å². The molecule has 11 nitrogen and oxygen atoms in total. The molecular weight excluding hydrogens is 464 g/mol. The fourth-order valence-electron chi connectivity index (χ4n) is 4.19. The van der Waals surface area contributed by atoms with Gasteiger partial charge in [-0.15, -0.1) is 0 Å². The first-order chi connectivity index (χ1) is 16.3. The van der Waals surface area contributed by atoms with Gasteiger partial charge in [0.15, 0.2) is 0 Å². The molecule has 2 heterocycles. The summed E-state index contributed by atoms with van der Waals surface area (Å²) >= 11 is 0. The normalized spacial score (nSPS) is 20.0. The van der Waals surface area contributed by atoms with Crippen LogP contribution in [0.1, 0.15) is 25.3 Å². The molecule has 0 bridgehead atoms. The molecule has 1 N–H and O–H groups in total. The Morgan fingerprint density at radius 2 is 1.79 bits per heavy atom. The zero-order chi connectivity index (χ0) is 24.7. The standard InChI is InChI=1S/C22H34N4O7S/c1-4-33-22(28)24-10-12-25(13-11-24)34(29,30)26-9-5-6-17(16-26)21(27)23-15-18-14-19(31-2)7-8-20(18)32-3/h7-8,14,17H,4-6,9-13,15-16H2,1-3H3,(H,23,27)/t17-/m1/s1. The second kappa shape index (κ2) is 11.7. The highest BCUT2D eigenvalue weighted by molar-refractivity contribution is 7.86. The molecule has 34 heavy (non-hydrogen) atoms. The molecule has 2 fully saturated rings. The zero-order valence-corrected chi connectivity index (χ0v) is 20.8. The molecule has 1 aromatic rings. The summed E-state index contributed by atoms with van der Waals surface area (Å²) in [5.74, 6) is 0.650. The number of ether oxygens (including phenoxy) is 3. The van der Waals surface area contributed by atoms with Gasteiger partial charge < -0.3 is 24.4 Å². The minimum atomic E-state index is -3.73. The minimum Gasteiger partial charge on any atom is -0.497 e. The van der Waals surface area contributed by atoms with Crippen LogP contribution in [0, 0.1) is 5.92 Å². The molecule has 0 spiro atoms. The lowest BCUT2D eigenvalue weighted by molar-refractivity contribution is -0.126. The number of carbonyl (C=O) groups excluding carboxylic acids is 2. The maximum Gasteiger partial charge on any atom is 0.409 e. The lowest BCUT2D eigenvalue weighted by atomic mass is 9.98. The predicted molar refractivity (Wildman–Crippen MR) is 125 cm³/mol. The number of hydrogen-bond donors (Lipinski definition) is 1. The topological polar surface area (TPSA) is 118 Å². The van der Waals surface area contributed by atoms with Crippen molar-refractivity contribution in [3.05, 3.63) is 23.8 Å². The molecule has 0 unspecified atom stereocenters. The van der Waals surface area contributed by atoms with Gasteiger partial charge in [0.1, 0.15) is 11.5 Å². The van der Waals surface area contributed by atoms with Crippen LogP contribution in [0.4, 0.5) is 4.79 Å². The van der Waals surface area contributed by atoms with Crippen molar-refractivity contribution in [2.75, 3.05) is 60.1 Å². The van der Waals surface area contributed by atoms with E-state index >= 15 is 0 Å². The van der Waals surface area contributed by atoms with Gasteiger partial charge in [-0.1, -0.05) is 0 Å². The van der Waals surface area contributed by atoms with Gasteiger partial charge in [-0.2, -0.15) is 17.0 Å². The van der Waals surface area contributed by atoms with Crippen LogP contribution in [0.25, 0.3) is 0 Å². The van der Waals surface area contributed by atoms with Crippen molar-refractivity contribution in [3.8, 4) is 11.5 Å². The Balaban J connectivity index is 1.57. The number of methoxy groups -OCH3 is 2. The van der Waals surface area contributed by atoms with Crippen LogP contribution in [-0.2, 0) is 26.3 Å². The molecule has 2 aliphatic heterocycles. The summed E-state index contributed by atoms with van der Waals surface area (Å²) in [6.45, 7) is 3.70. The predicted octanol–water partition coefficient (Wildman–Crippen LogP) is 1.05. The van der Waals surface area contributed by atoms with E-state index in [4.69, 9.17) is 14.2 Å². The van der Waals surface area contributed by atoms with Crippen molar-refractivity contribution in [2.45, 2.75) is 26.3 Å². The van der Waals surface area contributed by atoms with E-state index in [1.807, 2.05) is 0 Å². The smallest absolute Gasteiger partial charge is 0.409 e. The van der Waals surface area contributed by atoms with Gasteiger partial charge in [-0.05, 0) is 38.0 Å². The monoisotopic (exact) mass is 498 g/mol. The third-order valence-electron chi connectivity index (χ3n) is 6.11. The highest BCUT2D eigenvalue weighted by Gasteiger charge is 2.37. The molecule has 2 aliphatic rings. The Hall–Kier alpha value is -2.57. The molecule has 0 aliphatic carbocycles. The molecule has 3 rings (SSSR count). The number of rotatable bonds is 8. The van der Waals surface area contributed by atoms with E-state index in [-0.39, 0.29) is 51.8 Å². The van der Waals surface area contributed by atoms with Crippen LogP contribution in [-0.4, -0.2) is 94.0 Å². The molecule has 1 aromatic carbocycles. The fourth-order valence-corrected chi connectivity index (χ4v) is 5.87. The second-order valence-electron chi connectivity index (χ2n) is 8.19. The van der Waals surface area contributed by atoms with Gasteiger partial charge in [0.25, 0.3) is 10.2 Å². The Bertz CT molecular complexity index is 964. The van der Waals surface area contributed by atoms with Crippen molar-refractivity contribution >= 4 is 22.2 Å². The first kappa shape index (κ1) is 26.0. The van der Waals surface area contributed by atoms with E-state index in [0.29, 0.717) is 30.9 Å². The molecule has 190 valence electrons. The van der Waals surface area contributed by atoms with Crippen LogP contribution in [0.2, 0.25) is 0 Å². The van der Waals surface area contributed by atoms with Crippen molar-refractivity contribution in [3.63, 3.8) is 0 Å². The van der Waals surface area contributed by atoms with Crippen molar-refractivity contribution in [1.29, 1.82) is 0 Å². The van der Waals surface area contributed by atoms with Crippen LogP contribution < -0.4 is 14.8 Å². The maximum atomic E-state index is 13.2. The van der Waals surface area contributed by atoms with Crippen LogP contribution in [0.5, 0.6) is 11.5 Å². The summed E-state index contributed by atoms with van der Waals surface area (Å²) in [5.41, 5.74) is 0.773. The Labute approximate surface area is 201 Å². The van der Waals surface area contributed by atoms with Gasteiger partial charge in [0, 0.05) is 51.4 Å². The maximum absolute atomic E-state index is 13.2. The molecule has 12 heteroatoms. The lowest BCUT2D eigenvalue weighted by Crippen LogP contribution is -2.56. The van der Waals surface area contributed by atoms with Gasteiger partial charge in [0.05, 0.1) is 26.7 Å². The number of benzene rings is 1. The summed E-state index contributed by atoms with van der Waals surface area (Å²) in [7, 11) is -0.602. The van der Waals surface area contributed by atoms with E-state index in [1.54, 1.807) is 39.3 Å². The van der Waals surface area contributed by atoms with Crippen LogP contribution in [0.15, 0.2) is 18.2 Å². The molecule has 2 amide bonds. The van der Waals surface area contributed by atoms with Gasteiger partial charge in [-0.3, -0.25) is 4.79 Å². The van der Waals surface area contributed by atoms with E-state index in [2.05, 4.69) is 5.32 Å². The van der Waals surface area contributed by atoms with E-state index in [0.717, 1.165) is 5.56 Å². The molecule has 0 radical (unpaired) electrons. The van der Waals surface area contributed by atoms with Crippen LogP contribution in [0.3, 0.4) is 0 Å². The average Bonchev–Trinajstić information content (AvgIpc) is 2.87. The first-order valence-corrected chi connectivity index (χ1v) is 12.8. The largest absolute Gasteiger partial charge is 0.497 e. The van der Waals surface area contributed by atoms with Crippen molar-refractivity contribution in [2.24, 2.45) is 5.92 Å². The SMILES string of the molecule is CCOC(=O)N1CCN(S(=O)(=O)N2CCC[C@@H](C(=O)NCc3cc(OC)ccc3OC)C2)CC1. The summed E-state index contributed by atoms with van der Waals surface area (Å²) in [6.07, 6.45) is 0.786. The van der Waals surface area contributed by atoms with Gasteiger partial charge in [-0.25, -0.2) is 4.79 Å². The first-order valence-electron chi connectivity index (χ1n) is 11.5. The number of amides is 2. The Morgan fingerprint density at radius 3 is 2.44 bits per heavy atom. The zero-order valence-electron chi connectivity index (χ0n) is 20.0. The molecule has 0 aromatic heterocycles. The summed E-state index contributed by atoms with van der Waals surface area (Å²) in [4.78, 5) is 26.3. The number of hydrogen-bond acceptors (Lipinski definition) is 7. The Kier molecular flexibility index (Phi) is 8.97. The lowest BCUT2D eigenvalue weighted by Gasteiger charge is -2.38. The Morgan fingerprint density at radius 1 is 1.06 bits per heavy atom. The summed E-state index contributed by atoms with van der Waals surface area (Å²) in [6, 6.07) is 5.35. The molecule has 2 saturated heterocycles. The van der Waals surface area contributed by atoms with Crippen LogP contribution >= 0.6 is 0 Å². The average molecular weight is 499 g/mol. The van der Waals surface area contributed by atoms with Crippen molar-refractivity contribution in [1.82, 2.24) is 18.8 Å². The van der Waals surface area contributed by atoms with Crippen molar-refractivity contribution < 1.29 is 32.2 Å². The molecular formula is C22H34N4O7S. The summed E-state index contributed by atoms with van der Waals surface area (Å²) < 4.78 is 44.7. The highest BCUT2D eigenvalue weighted by atomic mass is 32.2. The van der Waals surface area contributed by atoms with Gasteiger partial charge >= 0.3 is 6.09 Å². The number of nitrogens with one attached hydrogen (secondary N) is 1. The molecule has 0 saturated carbocycles. The minimum absolute atomic E-state index is 0.126. The highest BCUT2D eigenvalue weighted by Crippen LogP contribution is 2.25. The van der Waals surface area contributed by atoms with Gasteiger partial charge in [0.2, 0.25) is 5.91 Å². The number of carbonyl (C=O) groups is 2. The number of piperidine rings is 1. The number of nitrogens with zero attached hydrogens (tertiary/aromatic N) is 3. The van der Waals surface area contributed by atoms with E-state index in [9.17, 15) is 18.0 Å². The fraction of sp³-hybridized carbons (Fsp3) is 0.636. The number of piperazine rings is 1. The summed E-state index contributed by atoms with van der Waals surface area (Å²) in [5, 5.41) is 2.91. The third kappa shape index (κ3) is 6.10. The molecule has 1 atom stereocenters. The third-order valence-corrected chi connectivity index (χ3v) is 8.11. The quantitative estimate of drug-likeness (QED) is 0.569. The van der Waals surface area contributed by atoms with E-state index in [1.165, 1.54) is 13.5 Å². The second-order valence-corrected chi connectivity index (χ2v) is 10.1.